The van der Waals surface area contributed by atoms with Crippen LogP contribution in [0, 0.1) is 15.5 Å². The molecule has 0 heterocycles. The first-order valence-corrected chi connectivity index (χ1v) is 5.67. The van der Waals surface area contributed by atoms with Crippen molar-refractivity contribution in [1.29, 1.82) is 0 Å². The number of aromatic carboxylic acids is 1. The lowest BCUT2D eigenvalue weighted by Gasteiger charge is -2.11. The SMILES string of the molecule is CC1(CNc2ccc(C(=O)O)c([N+](=O)[O-])c2)CC1. The maximum absolute atomic E-state index is 10.8. The number of hydrogen-bond acceptors (Lipinski definition) is 4. The van der Waals surface area contributed by atoms with Crippen LogP contribution >= 0.6 is 0 Å². The summed E-state index contributed by atoms with van der Waals surface area (Å²) in [5.41, 5.74) is 0.191. The van der Waals surface area contributed by atoms with E-state index in [4.69, 9.17) is 5.11 Å². The molecule has 1 saturated carbocycles. The van der Waals surface area contributed by atoms with E-state index in [9.17, 15) is 14.9 Å². The van der Waals surface area contributed by atoms with Crippen LogP contribution in [0.4, 0.5) is 11.4 Å². The number of hydrogen-bond donors (Lipinski definition) is 2. The minimum Gasteiger partial charge on any atom is -0.477 e. The van der Waals surface area contributed by atoms with E-state index in [1.807, 2.05) is 0 Å². The number of rotatable bonds is 5. The molecule has 0 saturated heterocycles. The molecule has 1 fully saturated rings. The van der Waals surface area contributed by atoms with E-state index in [2.05, 4.69) is 12.2 Å². The van der Waals surface area contributed by atoms with Crippen molar-refractivity contribution in [2.24, 2.45) is 5.41 Å². The van der Waals surface area contributed by atoms with Gasteiger partial charge in [-0.1, -0.05) is 6.92 Å². The van der Waals surface area contributed by atoms with Crippen molar-refractivity contribution in [2.75, 3.05) is 11.9 Å². The standard InChI is InChI=1S/C12H14N2O4/c1-12(4-5-12)7-13-8-2-3-9(11(15)16)10(6-8)14(17)18/h2-3,6,13H,4-5,7H2,1H3,(H,15,16). The number of nitrogens with zero attached hydrogens (tertiary/aromatic N) is 1. The van der Waals surface area contributed by atoms with Gasteiger partial charge in [0.25, 0.3) is 5.69 Å². The number of nitro groups is 1. The minimum atomic E-state index is -1.29. The van der Waals surface area contributed by atoms with Gasteiger partial charge in [-0.05, 0) is 30.4 Å². The van der Waals surface area contributed by atoms with Gasteiger partial charge in [-0.25, -0.2) is 4.79 Å². The molecule has 1 aliphatic carbocycles. The molecule has 0 radical (unpaired) electrons. The number of carboxylic acid groups (broad SMARTS) is 1. The second kappa shape index (κ2) is 4.29. The van der Waals surface area contributed by atoms with Crippen LogP contribution in [0.25, 0.3) is 0 Å². The van der Waals surface area contributed by atoms with Gasteiger partial charge in [0.1, 0.15) is 5.56 Å². The molecule has 6 nitrogen and oxygen atoms in total. The Balaban J connectivity index is 2.19. The van der Waals surface area contributed by atoms with Crippen LogP contribution in [-0.4, -0.2) is 22.5 Å². The van der Waals surface area contributed by atoms with E-state index in [1.54, 1.807) is 6.07 Å². The number of carbonyl (C=O) groups is 1. The molecule has 6 heteroatoms. The van der Waals surface area contributed by atoms with Crippen molar-refractivity contribution in [1.82, 2.24) is 0 Å². The third-order valence-electron chi connectivity index (χ3n) is 3.25. The average molecular weight is 250 g/mol. The van der Waals surface area contributed by atoms with Crippen LogP contribution in [0.15, 0.2) is 18.2 Å². The molecular weight excluding hydrogens is 236 g/mol. The summed E-state index contributed by atoms with van der Waals surface area (Å²) >= 11 is 0. The molecule has 2 rings (SSSR count). The Kier molecular flexibility index (Phi) is 2.94. The number of nitro benzene ring substituents is 1. The molecule has 1 aromatic carbocycles. The summed E-state index contributed by atoms with van der Waals surface area (Å²) in [6, 6.07) is 4.09. The Bertz CT molecular complexity index is 509. The van der Waals surface area contributed by atoms with Crippen molar-refractivity contribution in [3.05, 3.63) is 33.9 Å². The second-order valence-electron chi connectivity index (χ2n) is 4.96. The molecule has 1 aromatic rings. The number of benzene rings is 1. The summed E-state index contributed by atoms with van der Waals surface area (Å²) in [5, 5.41) is 22.8. The molecule has 96 valence electrons. The van der Waals surface area contributed by atoms with Gasteiger partial charge < -0.3 is 10.4 Å². The van der Waals surface area contributed by atoms with E-state index in [-0.39, 0.29) is 16.7 Å². The summed E-state index contributed by atoms with van der Waals surface area (Å²) in [4.78, 5) is 21.0. The van der Waals surface area contributed by atoms with Gasteiger partial charge in [0.15, 0.2) is 0 Å². The molecule has 0 atom stereocenters. The van der Waals surface area contributed by atoms with Crippen molar-refractivity contribution >= 4 is 17.3 Å². The fraction of sp³-hybridized carbons (Fsp3) is 0.417. The van der Waals surface area contributed by atoms with Gasteiger partial charge in [-0.15, -0.1) is 0 Å². The average Bonchev–Trinajstić information content (AvgIpc) is 3.05. The van der Waals surface area contributed by atoms with Crippen LogP contribution in [0.5, 0.6) is 0 Å². The zero-order valence-corrected chi connectivity index (χ0v) is 9.97. The predicted octanol–water partition coefficient (Wildman–Crippen LogP) is 2.51. The Morgan fingerprint density at radius 3 is 2.72 bits per heavy atom. The normalized spacial score (nSPS) is 16.1. The highest BCUT2D eigenvalue weighted by molar-refractivity contribution is 5.93. The van der Waals surface area contributed by atoms with Gasteiger partial charge in [-0.2, -0.15) is 0 Å². The smallest absolute Gasteiger partial charge is 0.342 e. The van der Waals surface area contributed by atoms with Crippen LogP contribution in [0.3, 0.4) is 0 Å². The highest BCUT2D eigenvalue weighted by Gasteiger charge is 2.36. The van der Waals surface area contributed by atoms with Gasteiger partial charge in [0.2, 0.25) is 0 Å². The predicted molar refractivity (Wildman–Crippen MR) is 65.9 cm³/mol. The van der Waals surface area contributed by atoms with E-state index in [0.29, 0.717) is 5.69 Å². The fourth-order valence-corrected chi connectivity index (χ4v) is 1.68. The lowest BCUT2D eigenvalue weighted by atomic mass is 10.1. The van der Waals surface area contributed by atoms with E-state index in [0.717, 1.165) is 19.4 Å². The maximum atomic E-state index is 10.8. The molecule has 0 aromatic heterocycles. The Morgan fingerprint density at radius 1 is 1.56 bits per heavy atom. The molecule has 0 unspecified atom stereocenters. The van der Waals surface area contributed by atoms with Gasteiger partial charge in [0, 0.05) is 18.3 Å². The van der Waals surface area contributed by atoms with Crippen LogP contribution in [0.2, 0.25) is 0 Å². The van der Waals surface area contributed by atoms with E-state index in [1.165, 1.54) is 12.1 Å². The van der Waals surface area contributed by atoms with Crippen LogP contribution in [-0.2, 0) is 0 Å². The quantitative estimate of drug-likeness (QED) is 0.618. The van der Waals surface area contributed by atoms with Gasteiger partial charge in [0.05, 0.1) is 4.92 Å². The van der Waals surface area contributed by atoms with Crippen molar-refractivity contribution in [3.63, 3.8) is 0 Å². The van der Waals surface area contributed by atoms with Crippen LogP contribution < -0.4 is 5.32 Å². The van der Waals surface area contributed by atoms with E-state index < -0.39 is 10.9 Å². The first-order chi connectivity index (χ1) is 8.41. The zero-order chi connectivity index (χ0) is 13.3. The molecule has 2 N–H and O–H groups in total. The monoisotopic (exact) mass is 250 g/mol. The molecule has 0 amide bonds. The number of carboxylic acids is 1. The number of nitrogens with one attached hydrogen (secondary N) is 1. The summed E-state index contributed by atoms with van der Waals surface area (Å²) in [5.74, 6) is -1.29. The van der Waals surface area contributed by atoms with Crippen molar-refractivity contribution in [3.8, 4) is 0 Å². The first-order valence-electron chi connectivity index (χ1n) is 5.67. The molecule has 18 heavy (non-hydrogen) atoms. The zero-order valence-electron chi connectivity index (χ0n) is 9.97. The summed E-state index contributed by atoms with van der Waals surface area (Å²) in [6.45, 7) is 2.89. The van der Waals surface area contributed by atoms with Gasteiger partial charge in [-0.3, -0.25) is 10.1 Å². The molecule has 0 bridgehead atoms. The van der Waals surface area contributed by atoms with Gasteiger partial charge >= 0.3 is 5.97 Å². The van der Waals surface area contributed by atoms with Crippen molar-refractivity contribution < 1.29 is 14.8 Å². The molecule has 0 spiro atoms. The Morgan fingerprint density at radius 2 is 2.22 bits per heavy atom. The summed E-state index contributed by atoms with van der Waals surface area (Å²) < 4.78 is 0. The third-order valence-corrected chi connectivity index (χ3v) is 3.25. The van der Waals surface area contributed by atoms with Crippen LogP contribution in [0.1, 0.15) is 30.1 Å². The van der Waals surface area contributed by atoms with E-state index >= 15 is 0 Å². The maximum Gasteiger partial charge on any atom is 0.342 e. The Hall–Kier alpha value is -2.11. The first kappa shape index (κ1) is 12.3. The summed E-state index contributed by atoms with van der Waals surface area (Å²) in [6.07, 6.45) is 2.30. The molecular formula is C12H14N2O4. The molecule has 0 aliphatic heterocycles. The highest BCUT2D eigenvalue weighted by atomic mass is 16.6. The highest BCUT2D eigenvalue weighted by Crippen LogP contribution is 2.44. The Labute approximate surface area is 104 Å². The van der Waals surface area contributed by atoms with Crippen molar-refractivity contribution in [2.45, 2.75) is 19.8 Å². The molecule has 1 aliphatic rings. The second-order valence-corrected chi connectivity index (χ2v) is 4.96. The summed E-state index contributed by atoms with van der Waals surface area (Å²) in [7, 11) is 0. The topological polar surface area (TPSA) is 92.5 Å². The minimum absolute atomic E-state index is 0.278. The lowest BCUT2D eigenvalue weighted by molar-refractivity contribution is -0.385. The largest absolute Gasteiger partial charge is 0.477 e. The number of anilines is 1. The lowest BCUT2D eigenvalue weighted by Crippen LogP contribution is -2.12. The third kappa shape index (κ3) is 2.58. The fourth-order valence-electron chi connectivity index (χ4n) is 1.68.